The van der Waals surface area contributed by atoms with Crippen molar-refractivity contribution in [2.75, 3.05) is 5.32 Å². The van der Waals surface area contributed by atoms with Crippen molar-refractivity contribution in [2.24, 2.45) is 5.92 Å². The lowest BCUT2D eigenvalue weighted by Crippen LogP contribution is -2.05. The van der Waals surface area contributed by atoms with Gasteiger partial charge in [-0.15, -0.1) is 0 Å². The standard InChI is InChI=1S/C25H17Cl2N3O.C8H18.C6H14/c1-15(31)21-12-25(29-14-19-6-8-20(26)11-23(19)27)30-24-9-7-18(10-22(21)24)17-4-2-16(13-28)3-5-17;1-4-6-7-8(3)5-2;1-3-5-6-4-2/h2-12H,14H2,1H3,(H,29,30);8H,4-7H2,1-3H3;3-6H2,1-2H3. The Morgan fingerprint density at radius 2 is 1.51 bits per heavy atom. The molecule has 240 valence electrons. The number of nitrogens with one attached hydrogen (secondary N) is 1. The number of carbonyl (C=O) groups is 1. The van der Waals surface area contributed by atoms with Crippen LogP contribution in [0.4, 0.5) is 5.82 Å². The van der Waals surface area contributed by atoms with Gasteiger partial charge in [-0.3, -0.25) is 4.79 Å². The minimum Gasteiger partial charge on any atom is -0.366 e. The van der Waals surface area contributed by atoms with Crippen LogP contribution in [-0.4, -0.2) is 10.8 Å². The number of hydrogen-bond acceptors (Lipinski definition) is 4. The van der Waals surface area contributed by atoms with Gasteiger partial charge in [0.15, 0.2) is 5.78 Å². The topological polar surface area (TPSA) is 65.8 Å². The molecule has 0 radical (unpaired) electrons. The lowest BCUT2D eigenvalue weighted by molar-refractivity contribution is 0.101. The number of hydrogen-bond donors (Lipinski definition) is 1. The summed E-state index contributed by atoms with van der Waals surface area (Å²) in [6.07, 6.45) is 11.1. The number of benzene rings is 3. The molecular formula is C39H49Cl2N3O. The van der Waals surface area contributed by atoms with E-state index in [9.17, 15) is 4.79 Å². The number of pyridine rings is 1. The monoisotopic (exact) mass is 645 g/mol. The van der Waals surface area contributed by atoms with Gasteiger partial charge in [0.05, 0.1) is 17.1 Å². The smallest absolute Gasteiger partial charge is 0.160 e. The van der Waals surface area contributed by atoms with Gasteiger partial charge in [-0.1, -0.05) is 133 Å². The number of anilines is 1. The summed E-state index contributed by atoms with van der Waals surface area (Å²) in [7, 11) is 0. The SMILES string of the molecule is CC(=O)c1cc(NCc2ccc(Cl)cc2Cl)nc2ccc(-c3ccc(C#N)cc3)cc12.CCCCC(C)CC.CCCCCC. The first-order chi connectivity index (χ1) is 21.7. The van der Waals surface area contributed by atoms with Crippen LogP contribution in [0.2, 0.25) is 10.0 Å². The number of unbranched alkanes of at least 4 members (excludes halogenated alkanes) is 4. The van der Waals surface area contributed by atoms with Gasteiger partial charge in [0, 0.05) is 27.5 Å². The van der Waals surface area contributed by atoms with E-state index >= 15 is 0 Å². The van der Waals surface area contributed by atoms with Crippen LogP contribution >= 0.6 is 23.2 Å². The van der Waals surface area contributed by atoms with E-state index in [0.717, 1.165) is 33.5 Å². The second-order valence-corrected chi connectivity index (χ2v) is 12.3. The van der Waals surface area contributed by atoms with Gasteiger partial charge in [0.1, 0.15) is 5.82 Å². The highest BCUT2D eigenvalue weighted by atomic mass is 35.5. The fraction of sp³-hybridized carbons (Fsp3) is 0.410. The van der Waals surface area contributed by atoms with Gasteiger partial charge in [0.2, 0.25) is 0 Å². The molecular weight excluding hydrogens is 597 g/mol. The molecule has 4 rings (SSSR count). The Morgan fingerprint density at radius 1 is 0.867 bits per heavy atom. The second kappa shape index (κ2) is 20.6. The first-order valence-corrected chi connectivity index (χ1v) is 17.1. The molecule has 4 nitrogen and oxygen atoms in total. The first kappa shape index (κ1) is 37.8. The fourth-order valence-electron chi connectivity index (χ4n) is 4.63. The van der Waals surface area contributed by atoms with Crippen LogP contribution in [0, 0.1) is 17.2 Å². The van der Waals surface area contributed by atoms with E-state index in [1.54, 1.807) is 37.3 Å². The number of halogens is 2. The second-order valence-electron chi connectivity index (χ2n) is 11.5. The van der Waals surface area contributed by atoms with E-state index in [4.69, 9.17) is 28.5 Å². The largest absolute Gasteiger partial charge is 0.366 e. The first-order valence-electron chi connectivity index (χ1n) is 16.3. The van der Waals surface area contributed by atoms with Crippen LogP contribution < -0.4 is 5.32 Å². The normalized spacial score (nSPS) is 11.0. The van der Waals surface area contributed by atoms with Gasteiger partial charge in [-0.2, -0.15) is 5.26 Å². The van der Waals surface area contributed by atoms with Crippen LogP contribution in [0.25, 0.3) is 22.0 Å². The van der Waals surface area contributed by atoms with E-state index in [1.165, 1.54) is 51.4 Å². The molecule has 1 N–H and O–H groups in total. The number of aromatic nitrogens is 1. The lowest BCUT2D eigenvalue weighted by atomic mass is 9.99. The van der Waals surface area contributed by atoms with E-state index in [1.807, 2.05) is 36.4 Å². The molecule has 1 unspecified atom stereocenters. The van der Waals surface area contributed by atoms with E-state index < -0.39 is 0 Å². The van der Waals surface area contributed by atoms with Gasteiger partial charge in [-0.05, 0) is 72.0 Å². The zero-order valence-corrected chi connectivity index (χ0v) is 29.4. The number of carbonyl (C=O) groups excluding carboxylic acids is 1. The van der Waals surface area contributed by atoms with Crippen LogP contribution in [0.15, 0.2) is 66.7 Å². The van der Waals surface area contributed by atoms with Crippen molar-refractivity contribution < 1.29 is 4.79 Å². The average Bonchev–Trinajstić information content (AvgIpc) is 3.05. The highest BCUT2D eigenvalue weighted by Gasteiger charge is 2.12. The van der Waals surface area contributed by atoms with Crippen molar-refractivity contribution in [3.8, 4) is 17.2 Å². The number of Topliss-reactive ketones (excluding diaryl/α,β-unsaturated/α-hetero) is 1. The quantitative estimate of drug-likeness (QED) is 0.123. The maximum absolute atomic E-state index is 12.4. The summed E-state index contributed by atoms with van der Waals surface area (Å²) >= 11 is 12.2. The average molecular weight is 647 g/mol. The maximum atomic E-state index is 12.4. The molecule has 1 heterocycles. The highest BCUT2D eigenvalue weighted by Crippen LogP contribution is 2.29. The molecule has 0 aliphatic heterocycles. The van der Waals surface area contributed by atoms with Gasteiger partial charge < -0.3 is 5.32 Å². The zero-order valence-electron chi connectivity index (χ0n) is 27.9. The molecule has 6 heteroatoms. The molecule has 0 bridgehead atoms. The third-order valence-electron chi connectivity index (χ3n) is 7.71. The number of fused-ring (bicyclic) bond motifs is 1. The third kappa shape index (κ3) is 12.9. The molecule has 0 saturated carbocycles. The third-order valence-corrected chi connectivity index (χ3v) is 8.30. The predicted molar refractivity (Wildman–Crippen MR) is 194 cm³/mol. The lowest BCUT2D eigenvalue weighted by Gasteiger charge is -2.12. The molecule has 0 spiro atoms. The Balaban J connectivity index is 0.000000421. The molecule has 0 amide bonds. The summed E-state index contributed by atoms with van der Waals surface area (Å²) in [4.78, 5) is 17.0. The minimum atomic E-state index is -0.0445. The Bertz CT molecular complexity index is 1520. The van der Waals surface area contributed by atoms with Crippen LogP contribution in [0.5, 0.6) is 0 Å². The summed E-state index contributed by atoms with van der Waals surface area (Å²) in [5.74, 6) is 1.50. The van der Waals surface area contributed by atoms with E-state index in [-0.39, 0.29) is 5.78 Å². The Hall–Kier alpha value is -3.39. The Kier molecular flexibility index (Phi) is 17.3. The summed E-state index contributed by atoms with van der Waals surface area (Å²) in [5, 5.41) is 14.2. The van der Waals surface area contributed by atoms with Gasteiger partial charge in [0.25, 0.3) is 0 Å². The van der Waals surface area contributed by atoms with Crippen molar-refractivity contribution in [3.63, 3.8) is 0 Å². The van der Waals surface area contributed by atoms with Crippen molar-refractivity contribution >= 4 is 45.7 Å². The molecule has 0 saturated heterocycles. The number of rotatable bonds is 12. The summed E-state index contributed by atoms with van der Waals surface area (Å²) < 4.78 is 0. The minimum absolute atomic E-state index is 0.0445. The van der Waals surface area contributed by atoms with Crippen LogP contribution in [0.3, 0.4) is 0 Å². The Labute approximate surface area is 281 Å². The molecule has 1 atom stereocenters. The number of ketones is 1. The molecule has 1 aromatic heterocycles. The molecule has 3 aromatic carbocycles. The molecule has 4 aromatic rings. The highest BCUT2D eigenvalue weighted by molar-refractivity contribution is 6.35. The summed E-state index contributed by atoms with van der Waals surface area (Å²) in [5.41, 5.74) is 4.71. The molecule has 45 heavy (non-hydrogen) atoms. The summed E-state index contributed by atoms with van der Waals surface area (Å²) in [6, 6.07) is 22.4. The van der Waals surface area contributed by atoms with Gasteiger partial charge >= 0.3 is 0 Å². The zero-order chi connectivity index (χ0) is 33.2. The van der Waals surface area contributed by atoms with Crippen molar-refractivity contribution in [2.45, 2.75) is 99.5 Å². The molecule has 0 aliphatic carbocycles. The van der Waals surface area contributed by atoms with E-state index in [2.05, 4.69) is 51.0 Å². The molecule has 0 fully saturated rings. The van der Waals surface area contributed by atoms with Crippen LogP contribution in [0.1, 0.15) is 114 Å². The maximum Gasteiger partial charge on any atom is 0.160 e. The predicted octanol–water partition coefficient (Wildman–Crippen LogP) is 12.7. The van der Waals surface area contributed by atoms with Crippen LogP contribution in [-0.2, 0) is 6.54 Å². The molecule has 0 aliphatic rings. The number of nitrogens with zero attached hydrogens (tertiary/aromatic N) is 2. The number of nitriles is 1. The van der Waals surface area contributed by atoms with E-state index in [0.29, 0.717) is 33.5 Å². The fourth-order valence-corrected chi connectivity index (χ4v) is 5.11. The Morgan fingerprint density at radius 3 is 2.07 bits per heavy atom. The van der Waals surface area contributed by atoms with Crippen molar-refractivity contribution in [3.05, 3.63) is 93.5 Å². The summed E-state index contributed by atoms with van der Waals surface area (Å²) in [6.45, 7) is 13.3. The van der Waals surface area contributed by atoms with Gasteiger partial charge in [-0.25, -0.2) is 4.98 Å². The van der Waals surface area contributed by atoms with Crippen molar-refractivity contribution in [1.82, 2.24) is 4.98 Å². The van der Waals surface area contributed by atoms with Crippen molar-refractivity contribution in [1.29, 1.82) is 5.26 Å².